The molecule has 1 aliphatic heterocycles. The molecule has 2 aliphatic rings. The summed E-state index contributed by atoms with van der Waals surface area (Å²) in [7, 11) is 0. The van der Waals surface area contributed by atoms with Gasteiger partial charge in [0, 0.05) is 133 Å². The van der Waals surface area contributed by atoms with Gasteiger partial charge >= 0.3 is 5.97 Å². The van der Waals surface area contributed by atoms with Crippen molar-refractivity contribution in [2.24, 2.45) is 5.92 Å². The molecule has 0 radical (unpaired) electrons. The maximum absolute atomic E-state index is 11.1. The third-order valence-electron chi connectivity index (χ3n) is 6.26. The van der Waals surface area contributed by atoms with E-state index in [2.05, 4.69) is 6.92 Å². The number of rotatable bonds is 8. The van der Waals surface area contributed by atoms with Gasteiger partial charge in [0.1, 0.15) is 0 Å². The van der Waals surface area contributed by atoms with Gasteiger partial charge in [-0.15, -0.1) is 0 Å². The van der Waals surface area contributed by atoms with Crippen LogP contribution in [-0.2, 0) is 40.2 Å². The van der Waals surface area contributed by atoms with Crippen LogP contribution >= 0.6 is 0 Å². The van der Waals surface area contributed by atoms with E-state index >= 15 is 0 Å². The molecule has 15 heteroatoms. The van der Waals surface area contributed by atoms with Crippen molar-refractivity contribution in [1.29, 1.82) is 0 Å². The standard InChI is InChI=1S/C16H28N4O8.C7H13N.CH3.Gd.Pt/c21-13(22)9-17-1-2-18(10-14(23)24)5-6-20(12-16(27)28)8-7-19(4-3-17)11-15(25)26;1-6-4-2-3-5-7(6)8;;;/h1-12H2,(H,21,22)(H,23,24)(H,25,26)(H,27,28);6-8H,1-5H2;1H3;;/q;-2;-1;;/p-3. The minimum atomic E-state index is -1.29. The summed E-state index contributed by atoms with van der Waals surface area (Å²) in [5.74, 6) is -4.50. The molecule has 0 aromatic rings. The minimum Gasteiger partial charge on any atom is -0.677 e. The molecule has 1 aliphatic carbocycles. The molecule has 2 N–H and O–H groups in total. The second-order valence-corrected chi connectivity index (χ2v) is 9.27. The minimum absolute atomic E-state index is 0. The Balaban J connectivity index is -0.00000101. The van der Waals surface area contributed by atoms with Crippen molar-refractivity contribution < 1.29 is 101 Å². The Labute approximate surface area is 278 Å². The number of carbonyl (C=O) groups excluding carboxylic acids is 3. The summed E-state index contributed by atoms with van der Waals surface area (Å²) in [4.78, 5) is 50.2. The Kier molecular flexibility index (Phi) is 26.9. The van der Waals surface area contributed by atoms with Crippen molar-refractivity contribution in [2.75, 3.05) is 78.5 Å². The van der Waals surface area contributed by atoms with Gasteiger partial charge < -0.3 is 54.9 Å². The van der Waals surface area contributed by atoms with Gasteiger partial charge in [0.05, 0.1) is 24.5 Å². The van der Waals surface area contributed by atoms with E-state index in [4.69, 9.17) is 10.8 Å². The fourth-order valence-corrected chi connectivity index (χ4v) is 4.16. The molecule has 1 heterocycles. The largest absolute Gasteiger partial charge is 0.677 e. The van der Waals surface area contributed by atoms with Gasteiger partial charge in [0.2, 0.25) is 0 Å². The van der Waals surface area contributed by atoms with E-state index in [1.165, 1.54) is 24.2 Å². The number of hydrogen-bond donors (Lipinski definition) is 1. The fraction of sp³-hybridized carbons (Fsp3) is 0.750. The first kappa shape index (κ1) is 43.2. The van der Waals surface area contributed by atoms with Crippen LogP contribution in [0.1, 0.15) is 25.7 Å². The van der Waals surface area contributed by atoms with Crippen LogP contribution < -0.4 is 15.3 Å². The third kappa shape index (κ3) is 22.0. The molecule has 0 amide bonds. The van der Waals surface area contributed by atoms with Crippen LogP contribution in [0.15, 0.2) is 0 Å². The smallest absolute Gasteiger partial charge is 0.317 e. The molecule has 1 saturated carbocycles. The molecule has 1 saturated heterocycles. The first-order valence-corrected chi connectivity index (χ1v) is 12.2. The zero-order valence-electron chi connectivity index (χ0n) is 22.4. The zero-order valence-corrected chi connectivity index (χ0v) is 27.0. The van der Waals surface area contributed by atoms with Crippen LogP contribution in [0.2, 0.25) is 0 Å². The predicted octanol–water partition coefficient (Wildman–Crippen LogP) is -3.58. The normalized spacial score (nSPS) is 22.1. The molecule has 2 unspecified atom stereocenters. The van der Waals surface area contributed by atoms with E-state index in [9.17, 15) is 34.5 Å². The molecule has 0 aromatic carbocycles. The van der Waals surface area contributed by atoms with Gasteiger partial charge in [-0.1, -0.05) is 25.7 Å². The van der Waals surface area contributed by atoms with E-state index in [1.807, 2.05) is 0 Å². The summed E-state index contributed by atoms with van der Waals surface area (Å²) in [5.41, 5.74) is 7.42. The average Bonchev–Trinajstić information content (AvgIpc) is 2.76. The van der Waals surface area contributed by atoms with Gasteiger partial charge in [-0.05, 0) is 0 Å². The Hall–Kier alpha value is -0.307. The molecule has 234 valence electrons. The number of nitrogens with zero attached hydrogens (tertiary/aromatic N) is 4. The monoisotopic (exact) mass is 880 g/mol. The Morgan fingerprint density at radius 3 is 1.18 bits per heavy atom. The second kappa shape index (κ2) is 24.3. The van der Waals surface area contributed by atoms with Crippen LogP contribution in [0.3, 0.4) is 0 Å². The van der Waals surface area contributed by atoms with Crippen molar-refractivity contribution in [3.63, 3.8) is 0 Å². The first-order valence-electron chi connectivity index (χ1n) is 12.2. The van der Waals surface area contributed by atoms with Gasteiger partial charge in [-0.2, -0.15) is 12.0 Å². The summed E-state index contributed by atoms with van der Waals surface area (Å²) >= 11 is 0. The van der Waals surface area contributed by atoms with Crippen LogP contribution in [0.4, 0.5) is 0 Å². The van der Waals surface area contributed by atoms with Crippen LogP contribution in [0.25, 0.3) is 5.73 Å². The zero-order chi connectivity index (χ0) is 27.1. The van der Waals surface area contributed by atoms with Crippen molar-refractivity contribution in [3.05, 3.63) is 20.1 Å². The van der Waals surface area contributed by atoms with Crippen molar-refractivity contribution >= 4 is 23.9 Å². The first-order chi connectivity index (χ1) is 17.0. The molecular weight excluding hydrogens is 839 g/mol. The number of carboxylic acid groups (broad SMARTS) is 4. The second-order valence-electron chi connectivity index (χ2n) is 9.27. The number of carboxylic acids is 4. The van der Waals surface area contributed by atoms with E-state index in [1.54, 1.807) is 14.7 Å². The van der Waals surface area contributed by atoms with Crippen molar-refractivity contribution in [1.82, 2.24) is 19.6 Å². The fourth-order valence-electron chi connectivity index (χ4n) is 4.16. The molecule has 0 spiro atoms. The van der Waals surface area contributed by atoms with Gasteiger partial charge in [-0.3, -0.25) is 24.4 Å². The molecule has 2 fully saturated rings. The predicted molar refractivity (Wildman–Crippen MR) is 130 cm³/mol. The quantitative estimate of drug-likeness (QED) is 0.236. The summed E-state index contributed by atoms with van der Waals surface area (Å²) in [6, 6.07) is 0.142. The number of nitrogens with one attached hydrogen (secondary N) is 1. The Morgan fingerprint density at radius 2 is 0.974 bits per heavy atom. The van der Waals surface area contributed by atoms with Gasteiger partial charge in [-0.25, -0.2) is 0 Å². The number of carbonyl (C=O) groups is 4. The molecule has 2 atom stereocenters. The van der Waals surface area contributed by atoms with Crippen molar-refractivity contribution in [3.8, 4) is 0 Å². The van der Waals surface area contributed by atoms with Gasteiger partial charge in [0.25, 0.3) is 0 Å². The summed E-state index contributed by atoms with van der Waals surface area (Å²) in [5, 5.41) is 41.9. The molecule has 13 nitrogen and oxygen atoms in total. The molecule has 0 aromatic heterocycles. The molecule has 39 heavy (non-hydrogen) atoms. The van der Waals surface area contributed by atoms with Crippen LogP contribution in [-0.4, -0.2) is 133 Å². The van der Waals surface area contributed by atoms with Crippen molar-refractivity contribution in [2.45, 2.75) is 31.7 Å². The molecule has 2 rings (SSSR count). The summed E-state index contributed by atoms with van der Waals surface area (Å²) in [6.07, 6.45) is 4.80. The molecular formula is C24H41GdN5O8Pt-6. The maximum atomic E-state index is 11.1. The summed E-state index contributed by atoms with van der Waals surface area (Å²) in [6.45, 7) is 4.39. The summed E-state index contributed by atoms with van der Waals surface area (Å²) < 4.78 is 0. The maximum Gasteiger partial charge on any atom is 0.317 e. The van der Waals surface area contributed by atoms with Crippen LogP contribution in [0.5, 0.6) is 0 Å². The van der Waals surface area contributed by atoms with E-state index < -0.39 is 23.9 Å². The average molecular weight is 880 g/mol. The van der Waals surface area contributed by atoms with E-state index in [0.29, 0.717) is 5.92 Å². The molecule has 0 bridgehead atoms. The van der Waals surface area contributed by atoms with Gasteiger partial charge in [0.15, 0.2) is 0 Å². The number of aliphatic carboxylic acids is 4. The Morgan fingerprint density at radius 1 is 0.692 bits per heavy atom. The van der Waals surface area contributed by atoms with E-state index in [0.717, 1.165) is 6.42 Å². The SMILES string of the molecule is O=C([O-])CN1CCN(CC(=O)[O-])CCN(CC(=O)O)CCN(CC(=O)[O-])CC1.[CH2-]C1CCCCC1[NH-].[CH3-].[Gd].[Pt]. The topological polar surface area (TPSA) is 194 Å². The van der Waals surface area contributed by atoms with E-state index in [-0.39, 0.29) is 153 Å². The Bertz CT molecular complexity index is 602. The number of hydrogen-bond acceptors (Lipinski definition) is 11. The van der Waals surface area contributed by atoms with Crippen LogP contribution in [0, 0.1) is 60.2 Å². The third-order valence-corrected chi connectivity index (χ3v) is 6.26.